The van der Waals surface area contributed by atoms with Crippen LogP contribution in [0.2, 0.25) is 0 Å². The molecule has 4 rings (SSSR count). The summed E-state index contributed by atoms with van der Waals surface area (Å²) < 4.78 is 28.3. The molecule has 3 aromatic rings. The third-order valence-corrected chi connectivity index (χ3v) is 7.25. The highest BCUT2D eigenvalue weighted by Crippen LogP contribution is 2.33. The average molecular weight is 436 g/mol. The Bertz CT molecular complexity index is 1190. The van der Waals surface area contributed by atoms with E-state index in [-0.39, 0.29) is 16.8 Å². The van der Waals surface area contributed by atoms with Gasteiger partial charge in [-0.15, -0.1) is 0 Å². The molecule has 1 unspecified atom stereocenters. The van der Waals surface area contributed by atoms with Crippen LogP contribution >= 0.6 is 0 Å². The van der Waals surface area contributed by atoms with Gasteiger partial charge < -0.3 is 4.90 Å². The summed E-state index contributed by atoms with van der Waals surface area (Å²) in [5, 5.41) is 0. The third-order valence-electron chi connectivity index (χ3n) is 5.87. The van der Waals surface area contributed by atoms with Crippen molar-refractivity contribution in [3.63, 3.8) is 0 Å². The van der Waals surface area contributed by atoms with Gasteiger partial charge in [-0.25, -0.2) is 8.42 Å². The largest absolute Gasteiger partial charge is 0.332 e. The molecule has 6 nitrogen and oxygen atoms in total. The maximum atomic E-state index is 13.1. The Morgan fingerprint density at radius 2 is 1.74 bits per heavy atom. The van der Waals surface area contributed by atoms with Gasteiger partial charge in [-0.05, 0) is 85.8 Å². The third kappa shape index (κ3) is 4.32. The molecule has 1 N–H and O–H groups in total. The van der Waals surface area contributed by atoms with Gasteiger partial charge in [0.2, 0.25) is 0 Å². The predicted molar refractivity (Wildman–Crippen MR) is 120 cm³/mol. The van der Waals surface area contributed by atoms with Crippen molar-refractivity contribution in [2.24, 2.45) is 0 Å². The number of pyridine rings is 1. The number of hydrogen-bond donors (Lipinski definition) is 1. The van der Waals surface area contributed by atoms with Gasteiger partial charge >= 0.3 is 0 Å². The van der Waals surface area contributed by atoms with E-state index in [0.717, 1.165) is 29.5 Å². The monoisotopic (exact) mass is 435 g/mol. The van der Waals surface area contributed by atoms with E-state index in [2.05, 4.69) is 9.71 Å². The normalized spacial score (nSPS) is 16.3. The standard InChI is InChI=1S/C24H25N3O3S/c1-17-5-3-6-22(18(17)2)26-31(29,30)21-10-8-20(9-11-21)24(28)27-16-4-7-23(27)19-12-14-25-15-13-19/h3,5-6,8-15,23,26H,4,7,16H2,1-2H3. The number of hydrogen-bond acceptors (Lipinski definition) is 4. The fourth-order valence-corrected chi connectivity index (χ4v) is 5.07. The second-order valence-corrected chi connectivity index (χ2v) is 9.50. The van der Waals surface area contributed by atoms with Crippen LogP contribution in [-0.4, -0.2) is 30.8 Å². The molecular weight excluding hydrogens is 410 g/mol. The zero-order chi connectivity index (χ0) is 22.0. The van der Waals surface area contributed by atoms with Gasteiger partial charge in [0.15, 0.2) is 0 Å². The van der Waals surface area contributed by atoms with Gasteiger partial charge in [0.25, 0.3) is 15.9 Å². The summed E-state index contributed by atoms with van der Waals surface area (Å²) in [4.78, 5) is 19.1. The summed E-state index contributed by atoms with van der Waals surface area (Å²) in [5.74, 6) is -0.0919. The molecule has 0 aliphatic carbocycles. The second-order valence-electron chi connectivity index (χ2n) is 7.81. The molecule has 1 saturated heterocycles. The minimum atomic E-state index is -3.75. The summed E-state index contributed by atoms with van der Waals surface area (Å²) >= 11 is 0. The average Bonchev–Trinajstić information content (AvgIpc) is 3.27. The molecule has 1 amide bonds. The van der Waals surface area contributed by atoms with E-state index in [1.165, 1.54) is 12.1 Å². The second kappa shape index (κ2) is 8.51. The predicted octanol–water partition coefficient (Wildman–Crippen LogP) is 4.48. The van der Waals surface area contributed by atoms with Crippen molar-refractivity contribution in [1.82, 2.24) is 9.88 Å². The first kappa shape index (κ1) is 21.1. The fourth-order valence-electron chi connectivity index (χ4n) is 3.95. The molecule has 160 valence electrons. The maximum absolute atomic E-state index is 13.1. The molecule has 1 atom stereocenters. The molecule has 1 fully saturated rings. The van der Waals surface area contributed by atoms with Crippen molar-refractivity contribution in [3.05, 3.63) is 89.2 Å². The van der Waals surface area contributed by atoms with Crippen LogP contribution in [0.4, 0.5) is 5.69 Å². The zero-order valence-electron chi connectivity index (χ0n) is 17.6. The highest BCUT2D eigenvalue weighted by Gasteiger charge is 2.30. The molecule has 7 heteroatoms. The number of sulfonamides is 1. The Labute approximate surface area is 183 Å². The van der Waals surface area contributed by atoms with Crippen molar-refractivity contribution < 1.29 is 13.2 Å². The van der Waals surface area contributed by atoms with E-state index in [1.54, 1.807) is 30.6 Å². The van der Waals surface area contributed by atoms with Crippen LogP contribution < -0.4 is 4.72 Å². The number of rotatable bonds is 5. The van der Waals surface area contributed by atoms with Crippen molar-refractivity contribution in [2.75, 3.05) is 11.3 Å². The first-order valence-electron chi connectivity index (χ1n) is 10.3. The Hall–Kier alpha value is -3.19. The van der Waals surface area contributed by atoms with Gasteiger partial charge in [0.05, 0.1) is 16.6 Å². The summed E-state index contributed by atoms with van der Waals surface area (Å²) in [6.45, 7) is 4.50. The number of benzene rings is 2. The van der Waals surface area contributed by atoms with Crippen LogP contribution in [-0.2, 0) is 10.0 Å². The van der Waals surface area contributed by atoms with Crippen molar-refractivity contribution >= 4 is 21.6 Å². The lowest BCUT2D eigenvalue weighted by atomic mass is 10.1. The molecule has 2 heterocycles. The number of nitrogens with one attached hydrogen (secondary N) is 1. The van der Waals surface area contributed by atoms with E-state index in [9.17, 15) is 13.2 Å². The van der Waals surface area contributed by atoms with E-state index < -0.39 is 10.0 Å². The summed E-state index contributed by atoms with van der Waals surface area (Å²) in [6, 6.07) is 15.5. The molecule has 1 aliphatic heterocycles. The van der Waals surface area contributed by atoms with E-state index in [1.807, 2.05) is 43.0 Å². The van der Waals surface area contributed by atoms with Gasteiger partial charge in [-0.3, -0.25) is 14.5 Å². The number of carbonyl (C=O) groups is 1. The molecule has 0 saturated carbocycles. The summed E-state index contributed by atoms with van der Waals surface area (Å²) in [7, 11) is -3.75. The quantitative estimate of drug-likeness (QED) is 0.641. The minimum absolute atomic E-state index is 0.0184. The van der Waals surface area contributed by atoms with E-state index in [4.69, 9.17) is 0 Å². The Balaban J connectivity index is 1.53. The van der Waals surface area contributed by atoms with Gasteiger partial charge in [0, 0.05) is 24.5 Å². The van der Waals surface area contributed by atoms with Gasteiger partial charge in [-0.1, -0.05) is 12.1 Å². The van der Waals surface area contributed by atoms with E-state index in [0.29, 0.717) is 17.8 Å². The van der Waals surface area contributed by atoms with Crippen LogP contribution in [0.5, 0.6) is 0 Å². The maximum Gasteiger partial charge on any atom is 0.261 e. The highest BCUT2D eigenvalue weighted by atomic mass is 32.2. The number of aryl methyl sites for hydroxylation is 1. The van der Waals surface area contributed by atoms with Crippen LogP contribution in [0.1, 0.15) is 45.9 Å². The Kier molecular flexibility index (Phi) is 5.78. The number of anilines is 1. The molecule has 31 heavy (non-hydrogen) atoms. The SMILES string of the molecule is Cc1cccc(NS(=O)(=O)c2ccc(C(=O)N3CCCC3c3ccncc3)cc2)c1C. The summed E-state index contributed by atoms with van der Waals surface area (Å²) in [5.41, 5.74) is 3.99. The topological polar surface area (TPSA) is 79.4 Å². The molecule has 1 aromatic heterocycles. The number of aromatic nitrogens is 1. The van der Waals surface area contributed by atoms with Crippen LogP contribution in [0, 0.1) is 13.8 Å². The number of carbonyl (C=O) groups excluding carboxylic acids is 1. The zero-order valence-corrected chi connectivity index (χ0v) is 18.4. The lowest BCUT2D eigenvalue weighted by Crippen LogP contribution is -2.30. The highest BCUT2D eigenvalue weighted by molar-refractivity contribution is 7.92. The number of likely N-dealkylation sites (tertiary alicyclic amines) is 1. The lowest BCUT2D eigenvalue weighted by molar-refractivity contribution is 0.0735. The molecule has 0 bridgehead atoms. The Morgan fingerprint density at radius 1 is 1.03 bits per heavy atom. The summed E-state index contributed by atoms with van der Waals surface area (Å²) in [6.07, 6.45) is 5.31. The van der Waals surface area contributed by atoms with Crippen molar-refractivity contribution in [2.45, 2.75) is 37.6 Å². The fraction of sp³-hybridized carbons (Fsp3) is 0.250. The molecule has 0 spiro atoms. The van der Waals surface area contributed by atoms with Gasteiger partial charge in [-0.2, -0.15) is 0 Å². The molecular formula is C24H25N3O3S. The van der Waals surface area contributed by atoms with Crippen LogP contribution in [0.25, 0.3) is 0 Å². The van der Waals surface area contributed by atoms with Crippen molar-refractivity contribution in [3.8, 4) is 0 Å². The van der Waals surface area contributed by atoms with E-state index >= 15 is 0 Å². The molecule has 2 aromatic carbocycles. The minimum Gasteiger partial charge on any atom is -0.332 e. The van der Waals surface area contributed by atoms with Crippen LogP contribution in [0.3, 0.4) is 0 Å². The Morgan fingerprint density at radius 3 is 2.45 bits per heavy atom. The molecule has 1 aliphatic rings. The molecule has 0 radical (unpaired) electrons. The van der Waals surface area contributed by atoms with Crippen LogP contribution in [0.15, 0.2) is 71.9 Å². The first-order chi connectivity index (χ1) is 14.9. The lowest BCUT2D eigenvalue weighted by Gasteiger charge is -2.25. The van der Waals surface area contributed by atoms with Crippen molar-refractivity contribution in [1.29, 1.82) is 0 Å². The smallest absolute Gasteiger partial charge is 0.261 e. The van der Waals surface area contributed by atoms with Gasteiger partial charge in [0.1, 0.15) is 0 Å². The number of amides is 1. The first-order valence-corrected chi connectivity index (χ1v) is 11.7. The number of nitrogens with zero attached hydrogens (tertiary/aromatic N) is 2.